The third-order valence-corrected chi connectivity index (χ3v) is 2.97. The van der Waals surface area contributed by atoms with Gasteiger partial charge in [0.1, 0.15) is 0 Å². The summed E-state index contributed by atoms with van der Waals surface area (Å²) >= 11 is 0. The smallest absolute Gasteiger partial charge is 0.00388 e. The van der Waals surface area contributed by atoms with Crippen LogP contribution in [0.25, 0.3) is 0 Å². The predicted octanol–water partition coefficient (Wildman–Crippen LogP) is 3.71. The van der Waals surface area contributed by atoms with E-state index in [0.717, 1.165) is 6.54 Å². The van der Waals surface area contributed by atoms with Crippen LogP contribution in [0.4, 0.5) is 0 Å². The quantitative estimate of drug-likeness (QED) is 0.737. The summed E-state index contributed by atoms with van der Waals surface area (Å²) in [5, 5.41) is 3.53. The molecule has 1 rings (SSSR count). The van der Waals surface area contributed by atoms with Crippen LogP contribution in [0.1, 0.15) is 44.2 Å². The van der Waals surface area contributed by atoms with E-state index in [1.54, 1.807) is 0 Å². The summed E-state index contributed by atoms with van der Waals surface area (Å²) in [5.41, 5.74) is 2.81. The van der Waals surface area contributed by atoms with Gasteiger partial charge in [0.2, 0.25) is 0 Å². The minimum atomic E-state index is 0.658. The summed E-state index contributed by atoms with van der Waals surface area (Å²) in [6, 6.07) is 9.56. The van der Waals surface area contributed by atoms with E-state index in [9.17, 15) is 0 Å². The Morgan fingerprint density at radius 2 is 1.88 bits per heavy atom. The van der Waals surface area contributed by atoms with Crippen LogP contribution >= 0.6 is 0 Å². The third kappa shape index (κ3) is 5.32. The van der Waals surface area contributed by atoms with E-state index < -0.39 is 0 Å². The van der Waals surface area contributed by atoms with E-state index in [2.05, 4.69) is 50.4 Å². The van der Waals surface area contributed by atoms with Gasteiger partial charge in [0.25, 0.3) is 0 Å². The van der Waals surface area contributed by atoms with E-state index in [1.807, 2.05) is 0 Å². The number of hydrogen-bond acceptors (Lipinski definition) is 1. The van der Waals surface area contributed by atoms with Crippen LogP contribution in [0.3, 0.4) is 0 Å². The van der Waals surface area contributed by atoms with Crippen molar-refractivity contribution in [2.24, 2.45) is 0 Å². The van der Waals surface area contributed by atoms with Gasteiger partial charge in [-0.2, -0.15) is 0 Å². The molecule has 0 aliphatic rings. The molecule has 0 amide bonds. The van der Waals surface area contributed by atoms with E-state index in [-0.39, 0.29) is 0 Å². The Hall–Kier alpha value is -0.820. The Balaban J connectivity index is 2.17. The molecule has 0 heterocycles. The molecule has 1 unspecified atom stereocenters. The van der Waals surface area contributed by atoms with Gasteiger partial charge in [-0.15, -0.1) is 0 Å². The van der Waals surface area contributed by atoms with E-state index >= 15 is 0 Å². The highest BCUT2D eigenvalue weighted by atomic mass is 14.9. The van der Waals surface area contributed by atoms with Crippen LogP contribution in [0.5, 0.6) is 0 Å². The first-order valence-corrected chi connectivity index (χ1v) is 6.51. The minimum absolute atomic E-state index is 0.658. The molecular weight excluding hydrogens is 194 g/mol. The van der Waals surface area contributed by atoms with E-state index in [4.69, 9.17) is 0 Å². The van der Waals surface area contributed by atoms with Gasteiger partial charge < -0.3 is 5.32 Å². The highest BCUT2D eigenvalue weighted by molar-refractivity contribution is 5.21. The molecule has 0 saturated carbocycles. The zero-order valence-electron chi connectivity index (χ0n) is 10.9. The number of benzene rings is 1. The van der Waals surface area contributed by atoms with Gasteiger partial charge >= 0.3 is 0 Å². The summed E-state index contributed by atoms with van der Waals surface area (Å²) in [7, 11) is 0. The largest absolute Gasteiger partial charge is 0.314 e. The zero-order valence-corrected chi connectivity index (χ0v) is 10.9. The molecule has 1 N–H and O–H groups in total. The molecule has 1 atom stereocenters. The van der Waals surface area contributed by atoms with Gasteiger partial charge in [0, 0.05) is 6.04 Å². The first kappa shape index (κ1) is 13.2. The zero-order chi connectivity index (χ0) is 11.8. The van der Waals surface area contributed by atoms with Crippen LogP contribution in [0.2, 0.25) is 0 Å². The van der Waals surface area contributed by atoms with Crippen molar-refractivity contribution < 1.29 is 0 Å². The molecule has 1 heteroatoms. The average molecular weight is 219 g/mol. The second-order valence-corrected chi connectivity index (χ2v) is 4.73. The topological polar surface area (TPSA) is 12.0 Å². The fourth-order valence-corrected chi connectivity index (χ4v) is 1.86. The summed E-state index contributed by atoms with van der Waals surface area (Å²) in [6.45, 7) is 7.78. The van der Waals surface area contributed by atoms with Crippen molar-refractivity contribution in [1.82, 2.24) is 5.32 Å². The van der Waals surface area contributed by atoms with Gasteiger partial charge in [0.15, 0.2) is 0 Å². The molecule has 0 aromatic heterocycles. The van der Waals surface area contributed by atoms with Crippen molar-refractivity contribution in [2.45, 2.75) is 52.5 Å². The molecule has 1 aromatic carbocycles. The number of nitrogens with one attached hydrogen (secondary N) is 1. The highest BCUT2D eigenvalue weighted by Gasteiger charge is 2.00. The minimum Gasteiger partial charge on any atom is -0.314 e. The molecule has 0 saturated heterocycles. The fourth-order valence-electron chi connectivity index (χ4n) is 1.86. The van der Waals surface area contributed by atoms with E-state index in [0.29, 0.717) is 6.04 Å². The molecule has 0 aliphatic carbocycles. The summed E-state index contributed by atoms with van der Waals surface area (Å²) in [4.78, 5) is 0. The molecular formula is C15H25N. The van der Waals surface area contributed by atoms with Crippen molar-refractivity contribution >= 4 is 0 Å². The van der Waals surface area contributed by atoms with Crippen molar-refractivity contribution in [3.05, 3.63) is 35.4 Å². The van der Waals surface area contributed by atoms with Crippen LogP contribution < -0.4 is 5.32 Å². The first-order chi connectivity index (χ1) is 7.72. The van der Waals surface area contributed by atoms with Crippen molar-refractivity contribution in [3.63, 3.8) is 0 Å². The third-order valence-electron chi connectivity index (χ3n) is 2.97. The normalized spacial score (nSPS) is 12.7. The Labute approximate surface area is 100 Å². The second kappa shape index (κ2) is 7.45. The molecule has 0 aliphatic heterocycles. The van der Waals surface area contributed by atoms with Gasteiger partial charge in [-0.1, -0.05) is 36.8 Å². The maximum atomic E-state index is 3.53. The number of aryl methyl sites for hydroxylation is 2. The molecule has 90 valence electrons. The maximum Gasteiger partial charge on any atom is 0.00388 e. The lowest BCUT2D eigenvalue weighted by molar-refractivity contribution is 0.498. The lowest BCUT2D eigenvalue weighted by Crippen LogP contribution is -2.26. The number of hydrogen-bond donors (Lipinski definition) is 1. The first-order valence-electron chi connectivity index (χ1n) is 6.51. The van der Waals surface area contributed by atoms with Crippen LogP contribution in [-0.4, -0.2) is 12.6 Å². The monoisotopic (exact) mass is 219 g/mol. The molecule has 0 radical (unpaired) electrons. The van der Waals surface area contributed by atoms with Gasteiger partial charge in [-0.25, -0.2) is 0 Å². The standard InChI is InChI=1S/C15H25N/c1-4-12-16-14(3)6-5-7-15-10-8-13(2)9-11-15/h8-11,14,16H,4-7,12H2,1-3H3. The second-order valence-electron chi connectivity index (χ2n) is 4.73. The van der Waals surface area contributed by atoms with Gasteiger partial charge in [-0.05, 0) is 51.6 Å². The number of rotatable bonds is 7. The predicted molar refractivity (Wildman–Crippen MR) is 71.9 cm³/mol. The Kier molecular flexibility index (Phi) is 6.17. The SMILES string of the molecule is CCCNC(C)CCCc1ccc(C)cc1. The van der Waals surface area contributed by atoms with Crippen LogP contribution in [0, 0.1) is 6.92 Å². The molecule has 0 bridgehead atoms. The van der Waals surface area contributed by atoms with E-state index in [1.165, 1.54) is 36.8 Å². The van der Waals surface area contributed by atoms with Crippen LogP contribution in [-0.2, 0) is 6.42 Å². The summed E-state index contributed by atoms with van der Waals surface area (Å²) in [6.07, 6.45) is 4.98. The lowest BCUT2D eigenvalue weighted by atomic mass is 10.0. The van der Waals surface area contributed by atoms with Gasteiger partial charge in [0.05, 0.1) is 0 Å². The molecule has 16 heavy (non-hydrogen) atoms. The molecule has 1 nitrogen and oxygen atoms in total. The van der Waals surface area contributed by atoms with Gasteiger partial charge in [-0.3, -0.25) is 0 Å². The molecule has 0 fully saturated rings. The van der Waals surface area contributed by atoms with Crippen molar-refractivity contribution in [3.8, 4) is 0 Å². The Bertz CT molecular complexity index is 276. The van der Waals surface area contributed by atoms with Crippen LogP contribution in [0.15, 0.2) is 24.3 Å². The maximum absolute atomic E-state index is 3.53. The highest BCUT2D eigenvalue weighted by Crippen LogP contribution is 2.08. The van der Waals surface area contributed by atoms with Crippen molar-refractivity contribution in [2.75, 3.05) is 6.54 Å². The average Bonchev–Trinajstić information content (AvgIpc) is 2.29. The Morgan fingerprint density at radius 3 is 2.50 bits per heavy atom. The Morgan fingerprint density at radius 1 is 1.19 bits per heavy atom. The molecule has 0 spiro atoms. The fraction of sp³-hybridized carbons (Fsp3) is 0.600. The summed E-state index contributed by atoms with van der Waals surface area (Å²) in [5.74, 6) is 0. The van der Waals surface area contributed by atoms with Crippen molar-refractivity contribution in [1.29, 1.82) is 0 Å². The molecule has 1 aromatic rings. The lowest BCUT2D eigenvalue weighted by Gasteiger charge is -2.12. The summed E-state index contributed by atoms with van der Waals surface area (Å²) < 4.78 is 0.